The third-order valence-electron chi connectivity index (χ3n) is 2.87. The molecule has 0 heterocycles. The highest BCUT2D eigenvalue weighted by Gasteiger charge is 2.06. The molecular weight excluding hydrogens is 257 g/mol. The van der Waals surface area contributed by atoms with Crippen molar-refractivity contribution < 1.29 is 13.9 Å². The topological polar surface area (TPSA) is 44.5 Å². The SMILES string of the molecule is CCOc1ccccc1OCc1ccc(F)c(CN)c1. The number of para-hydroxylation sites is 2. The van der Waals surface area contributed by atoms with Crippen molar-refractivity contribution in [2.24, 2.45) is 5.73 Å². The summed E-state index contributed by atoms with van der Waals surface area (Å²) in [6.45, 7) is 3.02. The molecule has 0 aliphatic carbocycles. The van der Waals surface area contributed by atoms with Gasteiger partial charge in [-0.2, -0.15) is 0 Å². The summed E-state index contributed by atoms with van der Waals surface area (Å²) in [5, 5.41) is 0. The van der Waals surface area contributed by atoms with E-state index in [1.54, 1.807) is 12.1 Å². The van der Waals surface area contributed by atoms with Crippen molar-refractivity contribution in [1.82, 2.24) is 0 Å². The van der Waals surface area contributed by atoms with Crippen LogP contribution in [0.4, 0.5) is 4.39 Å². The van der Waals surface area contributed by atoms with E-state index in [1.165, 1.54) is 6.07 Å². The van der Waals surface area contributed by atoms with Gasteiger partial charge in [0, 0.05) is 12.1 Å². The Labute approximate surface area is 118 Å². The summed E-state index contributed by atoms with van der Waals surface area (Å²) in [6.07, 6.45) is 0. The fourth-order valence-electron chi connectivity index (χ4n) is 1.88. The van der Waals surface area contributed by atoms with Gasteiger partial charge >= 0.3 is 0 Å². The molecule has 0 saturated carbocycles. The Morgan fingerprint density at radius 3 is 2.40 bits per heavy atom. The smallest absolute Gasteiger partial charge is 0.161 e. The second kappa shape index (κ2) is 6.91. The van der Waals surface area contributed by atoms with Crippen molar-refractivity contribution in [1.29, 1.82) is 0 Å². The lowest BCUT2D eigenvalue weighted by atomic mass is 10.1. The standard InChI is InChI=1S/C16H18FNO2/c1-2-19-15-5-3-4-6-16(15)20-11-12-7-8-14(17)13(9-12)10-18/h3-9H,2,10-11,18H2,1H3. The van der Waals surface area contributed by atoms with E-state index in [9.17, 15) is 4.39 Å². The minimum atomic E-state index is -0.286. The molecule has 4 heteroatoms. The van der Waals surface area contributed by atoms with Crippen LogP contribution in [0.5, 0.6) is 11.5 Å². The van der Waals surface area contributed by atoms with Gasteiger partial charge in [-0.1, -0.05) is 18.2 Å². The molecule has 0 aromatic heterocycles. The molecule has 106 valence electrons. The van der Waals surface area contributed by atoms with Gasteiger partial charge in [0.05, 0.1) is 6.61 Å². The lowest BCUT2D eigenvalue weighted by Gasteiger charge is -2.12. The van der Waals surface area contributed by atoms with E-state index in [1.807, 2.05) is 31.2 Å². The van der Waals surface area contributed by atoms with E-state index in [2.05, 4.69) is 0 Å². The Morgan fingerprint density at radius 1 is 1.05 bits per heavy atom. The Bertz CT molecular complexity index is 572. The van der Waals surface area contributed by atoms with Gasteiger partial charge < -0.3 is 15.2 Å². The summed E-state index contributed by atoms with van der Waals surface area (Å²) >= 11 is 0. The molecule has 0 saturated heterocycles. The molecule has 0 aliphatic heterocycles. The van der Waals surface area contributed by atoms with E-state index in [4.69, 9.17) is 15.2 Å². The first-order chi connectivity index (χ1) is 9.74. The number of rotatable bonds is 6. The fraction of sp³-hybridized carbons (Fsp3) is 0.250. The van der Waals surface area contributed by atoms with Crippen molar-refractivity contribution >= 4 is 0 Å². The number of hydrogen-bond donors (Lipinski definition) is 1. The second-order valence-corrected chi connectivity index (χ2v) is 4.30. The van der Waals surface area contributed by atoms with Crippen molar-refractivity contribution in [3.63, 3.8) is 0 Å². The zero-order chi connectivity index (χ0) is 14.4. The Kier molecular flexibility index (Phi) is 4.96. The summed E-state index contributed by atoms with van der Waals surface area (Å²) < 4.78 is 24.6. The molecule has 2 aromatic rings. The van der Waals surface area contributed by atoms with E-state index >= 15 is 0 Å². The molecule has 0 atom stereocenters. The van der Waals surface area contributed by atoms with E-state index < -0.39 is 0 Å². The van der Waals surface area contributed by atoms with Crippen LogP contribution < -0.4 is 15.2 Å². The number of halogens is 1. The van der Waals surface area contributed by atoms with Crippen molar-refractivity contribution in [3.05, 3.63) is 59.4 Å². The fourth-order valence-corrected chi connectivity index (χ4v) is 1.88. The van der Waals surface area contributed by atoms with Gasteiger partial charge in [0.2, 0.25) is 0 Å². The van der Waals surface area contributed by atoms with Gasteiger partial charge in [0.25, 0.3) is 0 Å². The van der Waals surface area contributed by atoms with E-state index in [-0.39, 0.29) is 12.4 Å². The van der Waals surface area contributed by atoms with Crippen molar-refractivity contribution in [2.45, 2.75) is 20.1 Å². The zero-order valence-electron chi connectivity index (χ0n) is 11.4. The molecule has 0 unspecified atom stereocenters. The maximum Gasteiger partial charge on any atom is 0.161 e. The highest BCUT2D eigenvalue weighted by Crippen LogP contribution is 2.27. The van der Waals surface area contributed by atoms with Gasteiger partial charge in [0.15, 0.2) is 11.5 Å². The second-order valence-electron chi connectivity index (χ2n) is 4.30. The van der Waals surface area contributed by atoms with Crippen molar-refractivity contribution in [3.8, 4) is 11.5 Å². The third-order valence-corrected chi connectivity index (χ3v) is 2.87. The van der Waals surface area contributed by atoms with Gasteiger partial charge in [-0.05, 0) is 36.8 Å². The summed E-state index contributed by atoms with van der Waals surface area (Å²) in [5.74, 6) is 1.09. The molecule has 0 bridgehead atoms. The van der Waals surface area contributed by atoms with Gasteiger partial charge in [-0.3, -0.25) is 0 Å². The monoisotopic (exact) mass is 275 g/mol. The molecular formula is C16H18FNO2. The average molecular weight is 275 g/mol. The lowest BCUT2D eigenvalue weighted by Crippen LogP contribution is -2.03. The van der Waals surface area contributed by atoms with Gasteiger partial charge in [-0.25, -0.2) is 4.39 Å². The van der Waals surface area contributed by atoms with Crippen LogP contribution in [0.1, 0.15) is 18.1 Å². The summed E-state index contributed by atoms with van der Waals surface area (Å²) in [4.78, 5) is 0. The molecule has 2 aromatic carbocycles. The third kappa shape index (κ3) is 3.48. The van der Waals surface area contributed by atoms with E-state index in [0.717, 1.165) is 5.56 Å². The first-order valence-electron chi connectivity index (χ1n) is 6.56. The molecule has 0 fully saturated rings. The maximum atomic E-state index is 13.4. The molecule has 0 spiro atoms. The van der Waals surface area contributed by atoms with Crippen molar-refractivity contribution in [2.75, 3.05) is 6.61 Å². The molecule has 0 aliphatic rings. The Hall–Kier alpha value is -2.07. The highest BCUT2D eigenvalue weighted by molar-refractivity contribution is 5.39. The zero-order valence-corrected chi connectivity index (χ0v) is 11.4. The summed E-state index contributed by atoms with van der Waals surface area (Å²) in [7, 11) is 0. The minimum Gasteiger partial charge on any atom is -0.490 e. The molecule has 20 heavy (non-hydrogen) atoms. The van der Waals surface area contributed by atoms with Crippen LogP contribution >= 0.6 is 0 Å². The molecule has 2 N–H and O–H groups in total. The molecule has 3 nitrogen and oxygen atoms in total. The quantitative estimate of drug-likeness (QED) is 0.880. The average Bonchev–Trinajstić information content (AvgIpc) is 2.48. The molecule has 2 rings (SSSR count). The van der Waals surface area contributed by atoms with E-state index in [0.29, 0.717) is 30.3 Å². The van der Waals surface area contributed by atoms with Crippen LogP contribution in [0.25, 0.3) is 0 Å². The lowest BCUT2D eigenvalue weighted by molar-refractivity contribution is 0.269. The first kappa shape index (κ1) is 14.3. The number of nitrogens with two attached hydrogens (primary N) is 1. The normalized spacial score (nSPS) is 10.3. The molecule has 0 amide bonds. The van der Waals surface area contributed by atoms with Crippen LogP contribution in [-0.4, -0.2) is 6.61 Å². The number of hydrogen-bond acceptors (Lipinski definition) is 3. The summed E-state index contributed by atoms with van der Waals surface area (Å²) in [6, 6.07) is 12.3. The Balaban J connectivity index is 2.09. The van der Waals surface area contributed by atoms with Crippen LogP contribution in [0, 0.1) is 5.82 Å². The van der Waals surface area contributed by atoms with Gasteiger partial charge in [-0.15, -0.1) is 0 Å². The largest absolute Gasteiger partial charge is 0.490 e. The van der Waals surface area contributed by atoms with Crippen LogP contribution in [-0.2, 0) is 13.2 Å². The van der Waals surface area contributed by atoms with Gasteiger partial charge in [0.1, 0.15) is 12.4 Å². The van der Waals surface area contributed by atoms with Crippen LogP contribution in [0.3, 0.4) is 0 Å². The number of benzene rings is 2. The predicted molar refractivity (Wildman–Crippen MR) is 76.2 cm³/mol. The van der Waals surface area contributed by atoms with Crippen LogP contribution in [0.2, 0.25) is 0 Å². The number of ether oxygens (including phenoxy) is 2. The first-order valence-corrected chi connectivity index (χ1v) is 6.56. The Morgan fingerprint density at radius 2 is 1.75 bits per heavy atom. The predicted octanol–water partition coefficient (Wildman–Crippen LogP) is 3.26. The summed E-state index contributed by atoms with van der Waals surface area (Å²) in [5.41, 5.74) is 6.85. The minimum absolute atomic E-state index is 0.176. The van der Waals surface area contributed by atoms with Crippen LogP contribution in [0.15, 0.2) is 42.5 Å². The molecule has 0 radical (unpaired) electrons. The maximum absolute atomic E-state index is 13.4. The highest BCUT2D eigenvalue weighted by atomic mass is 19.1.